The van der Waals surface area contributed by atoms with Gasteiger partial charge >= 0.3 is 5.97 Å². The van der Waals surface area contributed by atoms with E-state index >= 15 is 0 Å². The van der Waals surface area contributed by atoms with Gasteiger partial charge in [0.1, 0.15) is 5.75 Å². The lowest BCUT2D eigenvalue weighted by Gasteiger charge is -2.18. The van der Waals surface area contributed by atoms with Crippen LogP contribution in [0.15, 0.2) is 24.3 Å². The fourth-order valence-corrected chi connectivity index (χ4v) is 3.10. The number of carboxylic acid groups (broad SMARTS) is 1. The Bertz CT molecular complexity index is 445. The van der Waals surface area contributed by atoms with Gasteiger partial charge in [0.25, 0.3) is 0 Å². The van der Waals surface area contributed by atoms with Gasteiger partial charge in [0.2, 0.25) is 0 Å². The molecule has 0 amide bonds. The molecule has 96 valence electrons. The first-order valence-electron chi connectivity index (χ1n) is 6.27. The van der Waals surface area contributed by atoms with Crippen LogP contribution >= 0.6 is 0 Å². The number of benzene rings is 1. The molecule has 1 saturated carbocycles. The molecule has 4 nitrogen and oxygen atoms in total. The van der Waals surface area contributed by atoms with Gasteiger partial charge < -0.3 is 9.84 Å². The first kappa shape index (κ1) is 11.5. The van der Waals surface area contributed by atoms with Gasteiger partial charge in [0, 0.05) is 19.6 Å². The van der Waals surface area contributed by atoms with E-state index in [9.17, 15) is 4.79 Å². The Balaban J connectivity index is 1.55. The first-order chi connectivity index (χ1) is 8.69. The molecule has 1 N–H and O–H groups in total. The summed E-state index contributed by atoms with van der Waals surface area (Å²) in [5, 5.41) is 8.96. The minimum atomic E-state index is -0.617. The van der Waals surface area contributed by atoms with Gasteiger partial charge in [-0.05, 0) is 29.5 Å². The predicted molar refractivity (Wildman–Crippen MR) is 66.4 cm³/mol. The van der Waals surface area contributed by atoms with Gasteiger partial charge in [-0.15, -0.1) is 0 Å². The zero-order valence-electron chi connectivity index (χ0n) is 10.4. The summed E-state index contributed by atoms with van der Waals surface area (Å²) in [5.74, 6) is 0.960. The number of carboxylic acids is 1. The lowest BCUT2D eigenvalue weighted by molar-refractivity contribution is -0.139. The second kappa shape index (κ2) is 4.28. The third-order valence-corrected chi connectivity index (χ3v) is 4.12. The Hall–Kier alpha value is -1.55. The van der Waals surface area contributed by atoms with Crippen LogP contribution in [-0.4, -0.2) is 36.2 Å². The number of rotatable bonds is 4. The molecule has 1 aromatic rings. The summed E-state index contributed by atoms with van der Waals surface area (Å²) in [7, 11) is 1.66. The molecule has 4 heteroatoms. The summed E-state index contributed by atoms with van der Waals surface area (Å²) in [4.78, 5) is 13.2. The number of methoxy groups -OCH3 is 1. The maximum Gasteiger partial charge on any atom is 0.307 e. The van der Waals surface area contributed by atoms with Crippen molar-refractivity contribution >= 4 is 5.97 Å². The normalized spacial score (nSPS) is 29.9. The van der Waals surface area contributed by atoms with Crippen LogP contribution in [0.4, 0.5) is 0 Å². The smallest absolute Gasteiger partial charge is 0.307 e. The summed E-state index contributed by atoms with van der Waals surface area (Å²) in [6.45, 7) is 2.75. The highest BCUT2D eigenvalue weighted by Crippen LogP contribution is 2.51. The number of aliphatic carboxylic acids is 1. The summed E-state index contributed by atoms with van der Waals surface area (Å²) in [6.07, 6.45) is 0. The maximum absolute atomic E-state index is 10.9. The fourth-order valence-electron chi connectivity index (χ4n) is 3.10. The van der Waals surface area contributed by atoms with Crippen LogP contribution in [0.25, 0.3) is 0 Å². The van der Waals surface area contributed by atoms with Crippen molar-refractivity contribution in [3.63, 3.8) is 0 Å². The zero-order valence-corrected chi connectivity index (χ0v) is 10.4. The Morgan fingerprint density at radius 3 is 2.44 bits per heavy atom. The maximum atomic E-state index is 10.9. The van der Waals surface area contributed by atoms with Crippen molar-refractivity contribution in [1.29, 1.82) is 0 Å². The van der Waals surface area contributed by atoms with E-state index in [-0.39, 0.29) is 5.92 Å². The fraction of sp³-hybridized carbons (Fsp3) is 0.500. The number of likely N-dealkylation sites (tertiary alicyclic amines) is 1. The number of ether oxygens (including phenoxy) is 1. The van der Waals surface area contributed by atoms with Gasteiger partial charge in [-0.3, -0.25) is 9.69 Å². The highest BCUT2D eigenvalue weighted by Gasteiger charge is 2.59. The molecule has 2 unspecified atom stereocenters. The average Bonchev–Trinajstić information content (AvgIpc) is 2.89. The van der Waals surface area contributed by atoms with E-state index in [2.05, 4.69) is 17.0 Å². The standard InChI is InChI=1S/C14H17NO3/c1-18-10-4-2-9(3-5-10)6-15-7-11-12(8-15)13(11)14(16)17/h2-5,11-13H,6-8H2,1H3,(H,16,17). The van der Waals surface area contributed by atoms with Gasteiger partial charge in [-0.25, -0.2) is 0 Å². The minimum Gasteiger partial charge on any atom is -0.497 e. The van der Waals surface area contributed by atoms with E-state index in [0.29, 0.717) is 11.8 Å². The third kappa shape index (κ3) is 1.97. The number of fused-ring (bicyclic) bond motifs is 1. The molecule has 18 heavy (non-hydrogen) atoms. The molecule has 0 spiro atoms. The van der Waals surface area contributed by atoms with E-state index in [1.165, 1.54) is 5.56 Å². The minimum absolute atomic E-state index is 0.0721. The molecule has 0 radical (unpaired) electrons. The Labute approximate surface area is 106 Å². The molecule has 1 aliphatic carbocycles. The quantitative estimate of drug-likeness (QED) is 0.875. The lowest BCUT2D eigenvalue weighted by Crippen LogP contribution is -2.25. The van der Waals surface area contributed by atoms with E-state index in [0.717, 1.165) is 25.4 Å². The Morgan fingerprint density at radius 1 is 1.33 bits per heavy atom. The molecule has 0 aromatic heterocycles. The van der Waals surface area contributed by atoms with Crippen molar-refractivity contribution in [3.8, 4) is 5.75 Å². The average molecular weight is 247 g/mol. The predicted octanol–water partition coefficient (Wildman–Crippen LogP) is 1.46. The van der Waals surface area contributed by atoms with Gasteiger partial charge in [-0.1, -0.05) is 12.1 Å². The number of piperidine rings is 1. The number of hydrogen-bond acceptors (Lipinski definition) is 3. The van der Waals surface area contributed by atoms with Crippen molar-refractivity contribution in [2.75, 3.05) is 20.2 Å². The second-order valence-corrected chi connectivity index (χ2v) is 5.23. The highest BCUT2D eigenvalue weighted by atomic mass is 16.5. The molecule has 2 atom stereocenters. The van der Waals surface area contributed by atoms with E-state index in [4.69, 9.17) is 9.84 Å². The van der Waals surface area contributed by atoms with E-state index < -0.39 is 5.97 Å². The van der Waals surface area contributed by atoms with Crippen LogP contribution in [-0.2, 0) is 11.3 Å². The van der Waals surface area contributed by atoms with Crippen molar-refractivity contribution in [3.05, 3.63) is 29.8 Å². The summed E-state index contributed by atoms with van der Waals surface area (Å²) in [5.41, 5.74) is 1.25. The topological polar surface area (TPSA) is 49.8 Å². The van der Waals surface area contributed by atoms with Crippen LogP contribution in [0.3, 0.4) is 0 Å². The Kier molecular flexibility index (Phi) is 2.74. The van der Waals surface area contributed by atoms with Crippen LogP contribution in [0.5, 0.6) is 5.75 Å². The van der Waals surface area contributed by atoms with Crippen LogP contribution in [0, 0.1) is 17.8 Å². The number of nitrogens with zero attached hydrogens (tertiary/aromatic N) is 1. The van der Waals surface area contributed by atoms with Crippen molar-refractivity contribution in [2.24, 2.45) is 17.8 Å². The summed E-state index contributed by atoms with van der Waals surface area (Å²) < 4.78 is 5.12. The second-order valence-electron chi connectivity index (χ2n) is 5.23. The molecular weight excluding hydrogens is 230 g/mol. The van der Waals surface area contributed by atoms with Gasteiger partial charge in [0.05, 0.1) is 13.0 Å². The molecule has 2 aliphatic rings. The molecule has 3 rings (SSSR count). The number of hydrogen-bond donors (Lipinski definition) is 1. The lowest BCUT2D eigenvalue weighted by atomic mass is 10.2. The molecule has 1 saturated heterocycles. The van der Waals surface area contributed by atoms with Crippen LogP contribution < -0.4 is 4.74 Å². The number of carbonyl (C=O) groups is 1. The Morgan fingerprint density at radius 2 is 1.94 bits per heavy atom. The van der Waals surface area contributed by atoms with E-state index in [1.807, 2.05) is 12.1 Å². The molecule has 1 aliphatic heterocycles. The molecule has 1 heterocycles. The van der Waals surface area contributed by atoms with Crippen molar-refractivity contribution in [2.45, 2.75) is 6.54 Å². The molecule has 0 bridgehead atoms. The molecule has 2 fully saturated rings. The zero-order chi connectivity index (χ0) is 12.7. The van der Waals surface area contributed by atoms with E-state index in [1.54, 1.807) is 7.11 Å². The highest BCUT2D eigenvalue weighted by molar-refractivity contribution is 5.74. The van der Waals surface area contributed by atoms with Crippen molar-refractivity contribution in [1.82, 2.24) is 4.90 Å². The molecular formula is C14H17NO3. The van der Waals surface area contributed by atoms with Crippen LogP contribution in [0.1, 0.15) is 5.56 Å². The molecule has 1 aromatic carbocycles. The van der Waals surface area contributed by atoms with Crippen molar-refractivity contribution < 1.29 is 14.6 Å². The van der Waals surface area contributed by atoms with Crippen LogP contribution in [0.2, 0.25) is 0 Å². The monoisotopic (exact) mass is 247 g/mol. The third-order valence-electron chi connectivity index (χ3n) is 4.12. The largest absolute Gasteiger partial charge is 0.497 e. The van der Waals surface area contributed by atoms with Gasteiger partial charge in [-0.2, -0.15) is 0 Å². The summed E-state index contributed by atoms with van der Waals surface area (Å²) in [6, 6.07) is 8.06. The summed E-state index contributed by atoms with van der Waals surface area (Å²) >= 11 is 0. The van der Waals surface area contributed by atoms with Gasteiger partial charge in [0.15, 0.2) is 0 Å². The SMILES string of the molecule is COc1ccc(CN2CC3C(C2)C3C(=O)O)cc1. The first-order valence-corrected chi connectivity index (χ1v) is 6.27.